The molecule has 1 aliphatic carbocycles. The average molecular weight is 260 g/mol. The van der Waals surface area contributed by atoms with Crippen LogP contribution in [0.1, 0.15) is 19.3 Å². The van der Waals surface area contributed by atoms with Gasteiger partial charge in [-0.3, -0.25) is 4.79 Å². The summed E-state index contributed by atoms with van der Waals surface area (Å²) < 4.78 is 0. The number of thioether (sulfide) groups is 2. The molecule has 2 rings (SSSR count). The predicted octanol–water partition coefficient (Wildman–Crippen LogP) is 1.09. The minimum Gasteiger partial charge on any atom is -0.353 e. The molecule has 1 aliphatic heterocycles. The zero-order valence-corrected chi connectivity index (χ0v) is 11.2. The van der Waals surface area contributed by atoms with Gasteiger partial charge in [0.05, 0.1) is 0 Å². The Hall–Kier alpha value is 0.130. The molecule has 92 valence electrons. The second-order valence-electron chi connectivity index (χ2n) is 4.36. The van der Waals surface area contributed by atoms with Crippen molar-refractivity contribution in [3.05, 3.63) is 0 Å². The first-order valence-electron chi connectivity index (χ1n) is 6.04. The van der Waals surface area contributed by atoms with Crippen molar-refractivity contribution in [2.45, 2.75) is 30.6 Å². The number of amides is 1. The van der Waals surface area contributed by atoms with Crippen LogP contribution in [0.15, 0.2) is 0 Å². The lowest BCUT2D eigenvalue weighted by atomic mass is 10.3. The van der Waals surface area contributed by atoms with Gasteiger partial charge in [-0.25, -0.2) is 0 Å². The van der Waals surface area contributed by atoms with Crippen molar-refractivity contribution in [3.63, 3.8) is 0 Å². The minimum absolute atomic E-state index is 0.209. The van der Waals surface area contributed by atoms with E-state index in [1.807, 2.05) is 11.8 Å². The lowest BCUT2D eigenvalue weighted by Gasteiger charge is -2.21. The standard InChI is InChI=1S/C11H20N2OS2/c14-11(13-9-1-2-9)3-4-12-7-10-8-15-5-6-16-10/h9-10,12H,1-8H2,(H,13,14). The fourth-order valence-electron chi connectivity index (χ4n) is 1.65. The normalized spacial score (nSPS) is 25.4. The molecule has 1 heterocycles. The zero-order valence-electron chi connectivity index (χ0n) is 9.54. The van der Waals surface area contributed by atoms with Gasteiger partial charge in [0.25, 0.3) is 0 Å². The summed E-state index contributed by atoms with van der Waals surface area (Å²) in [6.45, 7) is 1.87. The van der Waals surface area contributed by atoms with Gasteiger partial charge in [-0.15, -0.1) is 0 Å². The van der Waals surface area contributed by atoms with Crippen LogP contribution >= 0.6 is 23.5 Å². The van der Waals surface area contributed by atoms with Crippen LogP contribution in [-0.2, 0) is 4.79 Å². The van der Waals surface area contributed by atoms with Crippen molar-refractivity contribution in [2.24, 2.45) is 0 Å². The van der Waals surface area contributed by atoms with Crippen LogP contribution in [0.2, 0.25) is 0 Å². The van der Waals surface area contributed by atoms with Gasteiger partial charge in [0.15, 0.2) is 0 Å². The highest BCUT2D eigenvalue weighted by atomic mass is 32.2. The van der Waals surface area contributed by atoms with E-state index in [1.165, 1.54) is 30.1 Å². The zero-order chi connectivity index (χ0) is 11.2. The summed E-state index contributed by atoms with van der Waals surface area (Å²) in [6, 6.07) is 0.498. The highest BCUT2D eigenvalue weighted by molar-refractivity contribution is 8.06. The van der Waals surface area contributed by atoms with Crippen molar-refractivity contribution < 1.29 is 4.79 Å². The molecule has 0 bridgehead atoms. The molecule has 3 nitrogen and oxygen atoms in total. The monoisotopic (exact) mass is 260 g/mol. The highest BCUT2D eigenvalue weighted by Gasteiger charge is 2.22. The van der Waals surface area contributed by atoms with Gasteiger partial charge >= 0.3 is 0 Å². The summed E-state index contributed by atoms with van der Waals surface area (Å²) in [4.78, 5) is 11.4. The number of carbonyl (C=O) groups is 1. The third-order valence-electron chi connectivity index (χ3n) is 2.73. The molecule has 1 atom stereocenters. The first kappa shape index (κ1) is 12.6. The lowest BCUT2D eigenvalue weighted by molar-refractivity contribution is -0.121. The van der Waals surface area contributed by atoms with Crippen molar-refractivity contribution in [1.29, 1.82) is 0 Å². The summed E-state index contributed by atoms with van der Waals surface area (Å²) in [6.07, 6.45) is 2.98. The number of hydrogen-bond acceptors (Lipinski definition) is 4. The van der Waals surface area contributed by atoms with Crippen molar-refractivity contribution in [1.82, 2.24) is 10.6 Å². The van der Waals surface area contributed by atoms with Gasteiger partial charge in [0, 0.05) is 48.1 Å². The largest absolute Gasteiger partial charge is 0.353 e. The van der Waals surface area contributed by atoms with Crippen LogP contribution in [0, 0.1) is 0 Å². The van der Waals surface area contributed by atoms with Crippen LogP contribution in [0.5, 0.6) is 0 Å². The first-order chi connectivity index (χ1) is 7.84. The summed E-state index contributed by atoms with van der Waals surface area (Å²) >= 11 is 4.10. The molecule has 2 N–H and O–H groups in total. The molecule has 0 aromatic rings. The molecule has 2 aliphatic rings. The van der Waals surface area contributed by atoms with Crippen molar-refractivity contribution >= 4 is 29.4 Å². The van der Waals surface area contributed by atoms with E-state index in [4.69, 9.17) is 0 Å². The first-order valence-corrected chi connectivity index (χ1v) is 8.24. The molecule has 5 heteroatoms. The van der Waals surface area contributed by atoms with Crippen LogP contribution < -0.4 is 10.6 Å². The Labute approximate surface area is 106 Å². The Balaban J connectivity index is 1.45. The number of hydrogen-bond donors (Lipinski definition) is 2. The van der Waals surface area contributed by atoms with Gasteiger partial charge in [-0.2, -0.15) is 23.5 Å². The van der Waals surface area contributed by atoms with Gasteiger partial charge in [-0.05, 0) is 12.8 Å². The highest BCUT2D eigenvalue weighted by Crippen LogP contribution is 2.23. The van der Waals surface area contributed by atoms with E-state index in [-0.39, 0.29) is 5.91 Å². The Morgan fingerprint density at radius 1 is 1.31 bits per heavy atom. The summed E-state index contributed by atoms with van der Waals surface area (Å²) in [7, 11) is 0. The van der Waals surface area contributed by atoms with E-state index in [2.05, 4.69) is 22.4 Å². The molecule has 0 aromatic carbocycles. The summed E-state index contributed by atoms with van der Waals surface area (Å²) in [5.74, 6) is 4.04. The van der Waals surface area contributed by atoms with Crippen LogP contribution in [0.25, 0.3) is 0 Å². The van der Waals surface area contributed by atoms with E-state index in [9.17, 15) is 4.79 Å². The van der Waals surface area contributed by atoms with Gasteiger partial charge in [0.1, 0.15) is 0 Å². The number of rotatable bonds is 6. The van der Waals surface area contributed by atoms with Crippen molar-refractivity contribution in [2.75, 3.05) is 30.3 Å². The molecular weight excluding hydrogens is 240 g/mol. The maximum Gasteiger partial charge on any atom is 0.221 e. The third kappa shape index (κ3) is 4.97. The molecule has 0 aromatic heterocycles. The van der Waals surface area contributed by atoms with E-state index in [0.717, 1.165) is 18.3 Å². The Kier molecular flexibility index (Phi) is 5.32. The Bertz CT molecular complexity index is 228. The molecule has 1 unspecified atom stereocenters. The van der Waals surface area contributed by atoms with E-state index in [0.29, 0.717) is 12.5 Å². The minimum atomic E-state index is 0.209. The molecule has 1 amide bonds. The Morgan fingerprint density at radius 2 is 2.19 bits per heavy atom. The average Bonchev–Trinajstić information content (AvgIpc) is 3.10. The predicted molar refractivity (Wildman–Crippen MR) is 72.2 cm³/mol. The van der Waals surface area contributed by atoms with Gasteiger partial charge < -0.3 is 10.6 Å². The molecule has 1 saturated carbocycles. The smallest absolute Gasteiger partial charge is 0.221 e. The third-order valence-corrected chi connectivity index (χ3v) is 5.57. The molecule has 0 radical (unpaired) electrons. The molecule has 0 spiro atoms. The van der Waals surface area contributed by atoms with Crippen LogP contribution in [-0.4, -0.2) is 47.5 Å². The van der Waals surface area contributed by atoms with Gasteiger partial charge in [0.2, 0.25) is 5.91 Å². The van der Waals surface area contributed by atoms with E-state index < -0.39 is 0 Å². The fourth-order valence-corrected chi connectivity index (χ4v) is 4.29. The molecular formula is C11H20N2OS2. The van der Waals surface area contributed by atoms with Gasteiger partial charge in [-0.1, -0.05) is 0 Å². The SMILES string of the molecule is O=C(CCNCC1CSCCS1)NC1CC1. The lowest BCUT2D eigenvalue weighted by Crippen LogP contribution is -2.33. The molecule has 2 fully saturated rings. The van der Waals surface area contributed by atoms with Crippen LogP contribution in [0.4, 0.5) is 0 Å². The topological polar surface area (TPSA) is 41.1 Å². The number of carbonyl (C=O) groups excluding carboxylic acids is 1. The Morgan fingerprint density at radius 3 is 2.88 bits per heavy atom. The molecule has 1 saturated heterocycles. The summed E-state index contributed by atoms with van der Waals surface area (Å²) in [5, 5.41) is 7.13. The second-order valence-corrected chi connectivity index (χ2v) is 6.92. The van der Waals surface area contributed by atoms with Crippen molar-refractivity contribution in [3.8, 4) is 0 Å². The number of nitrogens with one attached hydrogen (secondary N) is 2. The molecule has 16 heavy (non-hydrogen) atoms. The maximum atomic E-state index is 11.4. The fraction of sp³-hybridized carbons (Fsp3) is 0.909. The summed E-state index contributed by atoms with van der Waals surface area (Å²) in [5.41, 5.74) is 0. The maximum absolute atomic E-state index is 11.4. The van der Waals surface area contributed by atoms with Crippen LogP contribution in [0.3, 0.4) is 0 Å². The van der Waals surface area contributed by atoms with E-state index in [1.54, 1.807) is 0 Å². The van der Waals surface area contributed by atoms with E-state index >= 15 is 0 Å². The quantitative estimate of drug-likeness (QED) is 0.702. The second kappa shape index (κ2) is 6.77.